The van der Waals surface area contributed by atoms with Crippen LogP contribution < -0.4 is 10.1 Å². The Hall–Kier alpha value is -3.11. The zero-order valence-corrected chi connectivity index (χ0v) is 17.8. The van der Waals surface area contributed by atoms with Crippen LogP contribution in [0.3, 0.4) is 0 Å². The Kier molecular flexibility index (Phi) is 7.05. The van der Waals surface area contributed by atoms with Crippen LogP contribution in [0.15, 0.2) is 42.6 Å². The van der Waals surface area contributed by atoms with E-state index in [-0.39, 0.29) is 24.1 Å². The van der Waals surface area contributed by atoms with Gasteiger partial charge in [0.15, 0.2) is 5.65 Å². The lowest BCUT2D eigenvalue weighted by Crippen LogP contribution is -2.41. The van der Waals surface area contributed by atoms with E-state index in [9.17, 15) is 18.0 Å². The van der Waals surface area contributed by atoms with Crippen molar-refractivity contribution in [2.75, 3.05) is 31.6 Å². The molecule has 0 bridgehead atoms. The van der Waals surface area contributed by atoms with E-state index >= 15 is 0 Å². The molecule has 4 rings (SSSR count). The summed E-state index contributed by atoms with van der Waals surface area (Å²) < 4.78 is 46.5. The van der Waals surface area contributed by atoms with E-state index in [0.29, 0.717) is 54.3 Å². The smallest absolute Gasteiger partial charge is 0.406 e. The highest BCUT2D eigenvalue weighted by atomic mass is 35.5. The summed E-state index contributed by atoms with van der Waals surface area (Å²) in [5.74, 6) is -0.544. The van der Waals surface area contributed by atoms with Gasteiger partial charge < -0.3 is 19.7 Å². The summed E-state index contributed by atoms with van der Waals surface area (Å²) in [4.78, 5) is 23.6. The number of nitrogens with one attached hydrogen (secondary N) is 1. The van der Waals surface area contributed by atoms with Crippen molar-refractivity contribution < 1.29 is 27.4 Å². The number of hydrogen-bond donors (Lipinski definition) is 1. The highest BCUT2D eigenvalue weighted by Gasteiger charge is 2.31. The zero-order valence-electron chi connectivity index (χ0n) is 17.0. The minimum atomic E-state index is -4.77. The second-order valence-corrected chi connectivity index (χ2v) is 6.97. The molecule has 1 aromatic carbocycles. The van der Waals surface area contributed by atoms with Gasteiger partial charge in [0.25, 0.3) is 5.91 Å². The molecular formula is C21H20ClF3N4O3. The lowest BCUT2D eigenvalue weighted by molar-refractivity contribution is -0.274. The van der Waals surface area contributed by atoms with Crippen LogP contribution in [0.25, 0.3) is 11.0 Å². The molecule has 0 spiro atoms. The molecule has 1 aliphatic rings. The molecule has 32 heavy (non-hydrogen) atoms. The number of rotatable bonds is 4. The first-order valence-electron chi connectivity index (χ1n) is 9.56. The summed E-state index contributed by atoms with van der Waals surface area (Å²) in [5, 5.41) is 3.77. The third-order valence-electron chi connectivity index (χ3n) is 4.75. The lowest BCUT2D eigenvalue weighted by Gasteiger charge is -2.27. The van der Waals surface area contributed by atoms with E-state index < -0.39 is 6.36 Å². The monoisotopic (exact) mass is 468 g/mol. The number of halogens is 4. The van der Waals surface area contributed by atoms with Gasteiger partial charge in [-0.25, -0.2) is 9.97 Å². The normalized spacial score (nSPS) is 14.1. The Labute approximate surface area is 188 Å². The fourth-order valence-corrected chi connectivity index (χ4v) is 3.29. The van der Waals surface area contributed by atoms with Crippen molar-refractivity contribution in [1.82, 2.24) is 14.9 Å². The van der Waals surface area contributed by atoms with Gasteiger partial charge in [-0.2, -0.15) is 0 Å². The molecule has 0 aliphatic carbocycles. The molecule has 1 amide bonds. The average molecular weight is 469 g/mol. The quantitative estimate of drug-likeness (QED) is 0.608. The number of carbonyl (C=O) groups excluding carboxylic acids is 1. The van der Waals surface area contributed by atoms with E-state index in [0.717, 1.165) is 5.69 Å². The number of anilines is 2. The van der Waals surface area contributed by atoms with E-state index in [4.69, 9.17) is 4.74 Å². The summed E-state index contributed by atoms with van der Waals surface area (Å²) in [6.07, 6.45) is -3.30. The number of carbonyl (C=O) groups is 1. The number of morpholine rings is 1. The first kappa shape index (κ1) is 23.6. The highest BCUT2D eigenvalue weighted by Crippen LogP contribution is 2.31. The van der Waals surface area contributed by atoms with E-state index in [1.165, 1.54) is 30.5 Å². The van der Waals surface area contributed by atoms with Crippen LogP contribution in [0.4, 0.5) is 24.5 Å². The molecule has 0 atom stereocenters. The fraction of sp³-hybridized carbons (Fsp3) is 0.286. The maximum absolute atomic E-state index is 13.2. The number of ether oxygens (including phenoxy) is 2. The minimum Gasteiger partial charge on any atom is -0.406 e. The van der Waals surface area contributed by atoms with Crippen LogP contribution in [0.5, 0.6) is 5.75 Å². The molecule has 1 saturated heterocycles. The van der Waals surface area contributed by atoms with Gasteiger partial charge in [0.1, 0.15) is 5.75 Å². The number of nitrogens with zero attached hydrogens (tertiary/aromatic N) is 3. The van der Waals surface area contributed by atoms with Crippen molar-refractivity contribution in [3.8, 4) is 5.75 Å². The molecule has 7 nitrogen and oxygen atoms in total. The molecular weight excluding hydrogens is 449 g/mol. The SMILES string of the molecule is Cc1ccc2c(Nc3ccc(OC(F)(F)F)cc3)c(C(=O)N3CCOCC3)cnc2n1.Cl. The zero-order chi connectivity index (χ0) is 22.0. The predicted octanol–water partition coefficient (Wildman–Crippen LogP) is 4.47. The van der Waals surface area contributed by atoms with Gasteiger partial charge in [-0.15, -0.1) is 25.6 Å². The fourth-order valence-electron chi connectivity index (χ4n) is 3.29. The summed E-state index contributed by atoms with van der Waals surface area (Å²) in [5.41, 5.74) is 2.54. The Morgan fingerprint density at radius 1 is 1.12 bits per heavy atom. The largest absolute Gasteiger partial charge is 0.573 e. The number of aryl methyl sites for hydroxylation is 1. The van der Waals surface area contributed by atoms with Gasteiger partial charge in [-0.3, -0.25) is 4.79 Å². The van der Waals surface area contributed by atoms with Crippen molar-refractivity contribution in [2.24, 2.45) is 0 Å². The summed E-state index contributed by atoms with van der Waals surface area (Å²) >= 11 is 0. The van der Waals surface area contributed by atoms with Gasteiger partial charge in [-0.05, 0) is 43.3 Å². The minimum absolute atomic E-state index is 0. The van der Waals surface area contributed by atoms with Crippen LogP contribution >= 0.6 is 12.4 Å². The van der Waals surface area contributed by atoms with Crippen LogP contribution in [-0.2, 0) is 4.74 Å². The molecule has 1 fully saturated rings. The third kappa shape index (κ3) is 5.38. The molecule has 11 heteroatoms. The molecule has 170 valence electrons. The highest BCUT2D eigenvalue weighted by molar-refractivity contribution is 6.07. The van der Waals surface area contributed by atoms with Crippen LogP contribution in [0, 0.1) is 6.92 Å². The Morgan fingerprint density at radius 2 is 1.81 bits per heavy atom. The van der Waals surface area contributed by atoms with Crippen molar-refractivity contribution in [1.29, 1.82) is 0 Å². The molecule has 0 radical (unpaired) electrons. The summed E-state index contributed by atoms with van der Waals surface area (Å²) in [6.45, 7) is 3.67. The third-order valence-corrected chi connectivity index (χ3v) is 4.75. The van der Waals surface area contributed by atoms with Crippen molar-refractivity contribution in [3.05, 3.63) is 53.9 Å². The maximum atomic E-state index is 13.2. The van der Waals surface area contributed by atoms with E-state index in [2.05, 4.69) is 20.0 Å². The van der Waals surface area contributed by atoms with E-state index in [1.54, 1.807) is 11.0 Å². The van der Waals surface area contributed by atoms with Gasteiger partial charge in [-0.1, -0.05) is 0 Å². The first-order valence-corrected chi connectivity index (χ1v) is 9.56. The molecule has 0 unspecified atom stereocenters. The van der Waals surface area contributed by atoms with Crippen molar-refractivity contribution in [2.45, 2.75) is 13.3 Å². The standard InChI is InChI=1S/C21H19F3N4O3.ClH/c1-13-2-7-16-18(27-14-3-5-15(6-4-14)31-21(22,23)24)17(12-25-19(16)26-13)20(29)28-8-10-30-11-9-28;/h2-7,12H,8-11H2,1H3,(H,25,26,27);1H. The molecule has 1 N–H and O–H groups in total. The lowest BCUT2D eigenvalue weighted by atomic mass is 10.1. The Balaban J connectivity index is 0.00000289. The van der Waals surface area contributed by atoms with Gasteiger partial charge in [0, 0.05) is 36.1 Å². The molecule has 1 aliphatic heterocycles. The average Bonchev–Trinajstić information content (AvgIpc) is 2.74. The summed E-state index contributed by atoms with van der Waals surface area (Å²) in [7, 11) is 0. The number of pyridine rings is 2. The predicted molar refractivity (Wildman–Crippen MR) is 115 cm³/mol. The summed E-state index contributed by atoms with van der Waals surface area (Å²) in [6, 6.07) is 8.90. The molecule has 0 saturated carbocycles. The van der Waals surface area contributed by atoms with Crippen LogP contribution in [0.2, 0.25) is 0 Å². The topological polar surface area (TPSA) is 76.6 Å². The second-order valence-electron chi connectivity index (χ2n) is 6.97. The molecule has 3 heterocycles. The van der Waals surface area contributed by atoms with Gasteiger partial charge in [0.2, 0.25) is 0 Å². The second kappa shape index (κ2) is 9.58. The number of alkyl halides is 3. The van der Waals surface area contributed by atoms with Crippen molar-refractivity contribution >= 4 is 40.7 Å². The van der Waals surface area contributed by atoms with Crippen LogP contribution in [-0.4, -0.2) is 53.4 Å². The van der Waals surface area contributed by atoms with Crippen molar-refractivity contribution in [3.63, 3.8) is 0 Å². The molecule has 3 aromatic rings. The number of amides is 1. The van der Waals surface area contributed by atoms with E-state index in [1.807, 2.05) is 13.0 Å². The number of fused-ring (bicyclic) bond motifs is 1. The first-order chi connectivity index (χ1) is 14.8. The van der Waals surface area contributed by atoms with Crippen LogP contribution in [0.1, 0.15) is 16.1 Å². The Morgan fingerprint density at radius 3 is 2.47 bits per heavy atom. The maximum Gasteiger partial charge on any atom is 0.573 e. The number of hydrogen-bond acceptors (Lipinski definition) is 6. The number of aromatic nitrogens is 2. The molecule has 2 aromatic heterocycles. The Bertz CT molecular complexity index is 1100. The van der Waals surface area contributed by atoms with Gasteiger partial charge in [0.05, 0.1) is 24.5 Å². The van der Waals surface area contributed by atoms with Gasteiger partial charge >= 0.3 is 6.36 Å². The number of benzene rings is 1.